The number of ether oxygens (including phenoxy) is 1. The molecule has 0 aliphatic carbocycles. The van der Waals surface area contributed by atoms with E-state index in [-0.39, 0.29) is 6.54 Å². The van der Waals surface area contributed by atoms with E-state index in [1.165, 1.54) is 11.0 Å². The Balaban J connectivity index is 1.58. The number of nitrogens with zero attached hydrogens (tertiary/aromatic N) is 4. The molecule has 0 bridgehead atoms. The second kappa shape index (κ2) is 8.28. The maximum Gasteiger partial charge on any atom is 0.319 e. The van der Waals surface area contributed by atoms with Crippen LogP contribution < -0.4 is 15.4 Å². The van der Waals surface area contributed by atoms with Crippen molar-refractivity contribution in [1.29, 1.82) is 0 Å². The molecule has 0 spiro atoms. The smallest absolute Gasteiger partial charge is 0.319 e. The number of hydrogen-bond acceptors (Lipinski definition) is 6. The van der Waals surface area contributed by atoms with Gasteiger partial charge in [0.05, 0.1) is 18.9 Å². The number of nitrogens with one attached hydrogen (secondary N) is 2. The number of tetrazole rings is 1. The number of aryl methyl sites for hydroxylation is 1. The minimum Gasteiger partial charge on any atom is -0.497 e. The first-order valence-corrected chi connectivity index (χ1v) is 8.27. The molecule has 3 rings (SSSR count). The fourth-order valence-corrected chi connectivity index (χ4v) is 2.51. The second-order valence-corrected chi connectivity index (χ2v) is 5.88. The van der Waals surface area contributed by atoms with Crippen LogP contribution in [0.5, 0.6) is 5.75 Å². The third kappa shape index (κ3) is 4.59. The van der Waals surface area contributed by atoms with Crippen LogP contribution in [0.2, 0.25) is 0 Å². The molecule has 27 heavy (non-hydrogen) atoms. The molecule has 0 fully saturated rings. The van der Waals surface area contributed by atoms with E-state index >= 15 is 0 Å². The zero-order valence-electron chi connectivity index (χ0n) is 15.0. The van der Waals surface area contributed by atoms with Crippen molar-refractivity contribution in [3.8, 4) is 11.4 Å². The molecule has 2 aromatic carbocycles. The molecule has 3 N–H and O–H groups in total. The van der Waals surface area contributed by atoms with Gasteiger partial charge in [0.15, 0.2) is 0 Å². The average Bonchev–Trinajstić information content (AvgIpc) is 3.22. The molecule has 1 heterocycles. The van der Waals surface area contributed by atoms with Crippen LogP contribution in [0, 0.1) is 6.92 Å². The summed E-state index contributed by atoms with van der Waals surface area (Å²) >= 11 is 0. The number of methoxy groups -OCH3 is 1. The fourth-order valence-electron chi connectivity index (χ4n) is 2.51. The van der Waals surface area contributed by atoms with E-state index < -0.39 is 12.1 Å². The normalized spacial score (nSPS) is 11.7. The van der Waals surface area contributed by atoms with Gasteiger partial charge in [0.1, 0.15) is 12.1 Å². The number of aromatic nitrogens is 4. The van der Waals surface area contributed by atoms with Crippen LogP contribution >= 0.6 is 0 Å². The summed E-state index contributed by atoms with van der Waals surface area (Å²) in [5, 5.41) is 26.7. The van der Waals surface area contributed by atoms with Gasteiger partial charge in [0, 0.05) is 12.2 Å². The molecule has 0 unspecified atom stereocenters. The summed E-state index contributed by atoms with van der Waals surface area (Å²) < 4.78 is 6.60. The molecule has 2 amide bonds. The largest absolute Gasteiger partial charge is 0.497 e. The van der Waals surface area contributed by atoms with Crippen molar-refractivity contribution in [2.75, 3.05) is 19.0 Å². The van der Waals surface area contributed by atoms with E-state index in [9.17, 15) is 9.90 Å². The molecule has 1 atom stereocenters. The summed E-state index contributed by atoms with van der Waals surface area (Å²) in [6.07, 6.45) is 0.661. The maximum absolute atomic E-state index is 12.1. The van der Waals surface area contributed by atoms with Gasteiger partial charge in [0.2, 0.25) is 0 Å². The lowest BCUT2D eigenvalue weighted by molar-refractivity contribution is 0.175. The van der Waals surface area contributed by atoms with Crippen molar-refractivity contribution in [2.24, 2.45) is 0 Å². The van der Waals surface area contributed by atoms with Crippen LogP contribution in [0.1, 0.15) is 17.2 Å². The monoisotopic (exact) mass is 368 g/mol. The number of benzene rings is 2. The molecule has 0 saturated heterocycles. The highest BCUT2D eigenvalue weighted by Crippen LogP contribution is 2.19. The van der Waals surface area contributed by atoms with E-state index in [2.05, 4.69) is 26.2 Å². The topological polar surface area (TPSA) is 114 Å². The number of rotatable bonds is 6. The molecule has 9 heteroatoms. The lowest BCUT2D eigenvalue weighted by atomic mass is 10.1. The predicted octanol–water partition coefficient (Wildman–Crippen LogP) is 1.83. The Hall–Kier alpha value is -3.46. The zero-order chi connectivity index (χ0) is 19.2. The van der Waals surface area contributed by atoms with Gasteiger partial charge < -0.3 is 20.5 Å². The van der Waals surface area contributed by atoms with Crippen molar-refractivity contribution >= 4 is 11.7 Å². The fraction of sp³-hybridized carbons (Fsp3) is 0.222. The first-order valence-electron chi connectivity index (χ1n) is 8.27. The molecule has 0 aliphatic heterocycles. The van der Waals surface area contributed by atoms with Gasteiger partial charge in [-0.05, 0) is 52.7 Å². The van der Waals surface area contributed by atoms with Gasteiger partial charge in [-0.1, -0.05) is 18.2 Å². The molecular formula is C18H20N6O3. The Morgan fingerprint density at radius 3 is 2.70 bits per heavy atom. The summed E-state index contributed by atoms with van der Waals surface area (Å²) in [4.78, 5) is 12.1. The minimum absolute atomic E-state index is 0.0733. The number of carbonyl (C=O) groups excluding carboxylic acids is 1. The second-order valence-electron chi connectivity index (χ2n) is 5.88. The highest BCUT2D eigenvalue weighted by atomic mass is 16.5. The number of urea groups is 1. The number of aliphatic hydroxyl groups is 1. The van der Waals surface area contributed by atoms with E-state index in [4.69, 9.17) is 4.74 Å². The van der Waals surface area contributed by atoms with Gasteiger partial charge in [0.25, 0.3) is 0 Å². The van der Waals surface area contributed by atoms with Crippen LogP contribution in [0.4, 0.5) is 10.5 Å². The summed E-state index contributed by atoms with van der Waals surface area (Å²) in [6.45, 7) is 2.00. The SMILES string of the molecule is COc1ccc([C@H](O)CNC(=O)Nc2ccc(C)c(-n3cnnn3)c2)cc1. The van der Waals surface area contributed by atoms with Crippen LogP contribution in [0.15, 0.2) is 48.8 Å². The van der Waals surface area contributed by atoms with Crippen molar-refractivity contribution in [1.82, 2.24) is 25.5 Å². The highest BCUT2D eigenvalue weighted by Gasteiger charge is 2.11. The van der Waals surface area contributed by atoms with Crippen LogP contribution in [-0.2, 0) is 0 Å². The summed E-state index contributed by atoms with van der Waals surface area (Å²) in [7, 11) is 1.58. The minimum atomic E-state index is -0.823. The first-order chi connectivity index (χ1) is 13.1. The Labute approximate surface area is 156 Å². The Kier molecular flexibility index (Phi) is 5.62. The zero-order valence-corrected chi connectivity index (χ0v) is 15.0. The summed E-state index contributed by atoms with van der Waals surface area (Å²) in [5.41, 5.74) is 2.99. The van der Waals surface area contributed by atoms with Crippen molar-refractivity contribution in [3.63, 3.8) is 0 Å². The first kappa shape index (κ1) is 18.3. The Morgan fingerprint density at radius 1 is 1.26 bits per heavy atom. The lowest BCUT2D eigenvalue weighted by Gasteiger charge is -2.14. The summed E-state index contributed by atoms with van der Waals surface area (Å²) in [5.74, 6) is 0.703. The van der Waals surface area contributed by atoms with E-state index in [1.54, 1.807) is 43.5 Å². The third-order valence-electron chi connectivity index (χ3n) is 4.02. The summed E-state index contributed by atoms with van der Waals surface area (Å²) in [6, 6.07) is 12.0. The number of carbonyl (C=O) groups is 1. The third-order valence-corrected chi connectivity index (χ3v) is 4.02. The highest BCUT2D eigenvalue weighted by molar-refractivity contribution is 5.89. The number of amides is 2. The molecule has 1 aromatic heterocycles. The van der Waals surface area contributed by atoms with E-state index in [1.807, 2.05) is 13.0 Å². The molecular weight excluding hydrogens is 348 g/mol. The van der Waals surface area contributed by atoms with E-state index in [0.29, 0.717) is 17.0 Å². The van der Waals surface area contributed by atoms with Gasteiger partial charge in [-0.3, -0.25) is 0 Å². The van der Waals surface area contributed by atoms with Crippen LogP contribution in [0.25, 0.3) is 5.69 Å². The number of anilines is 1. The lowest BCUT2D eigenvalue weighted by Crippen LogP contribution is -2.32. The molecule has 0 saturated carbocycles. The van der Waals surface area contributed by atoms with Crippen LogP contribution in [0.3, 0.4) is 0 Å². The van der Waals surface area contributed by atoms with E-state index in [0.717, 1.165) is 11.3 Å². The van der Waals surface area contributed by atoms with Crippen molar-refractivity contribution in [3.05, 3.63) is 59.9 Å². The Bertz CT molecular complexity index is 896. The predicted molar refractivity (Wildman–Crippen MR) is 98.9 cm³/mol. The number of hydrogen-bond donors (Lipinski definition) is 3. The van der Waals surface area contributed by atoms with Crippen LogP contribution in [-0.4, -0.2) is 45.0 Å². The average molecular weight is 368 g/mol. The molecule has 140 valence electrons. The molecule has 3 aromatic rings. The molecule has 0 radical (unpaired) electrons. The molecule has 0 aliphatic rings. The van der Waals surface area contributed by atoms with Crippen molar-refractivity contribution < 1.29 is 14.6 Å². The van der Waals surface area contributed by atoms with Gasteiger partial charge in [-0.15, -0.1) is 5.10 Å². The number of aliphatic hydroxyl groups excluding tert-OH is 1. The van der Waals surface area contributed by atoms with Gasteiger partial charge in [-0.2, -0.15) is 0 Å². The molecule has 9 nitrogen and oxygen atoms in total. The van der Waals surface area contributed by atoms with Gasteiger partial charge in [-0.25, -0.2) is 9.48 Å². The Morgan fingerprint density at radius 2 is 2.04 bits per heavy atom. The van der Waals surface area contributed by atoms with Gasteiger partial charge >= 0.3 is 6.03 Å². The standard InChI is InChI=1S/C18H20N6O3/c1-12-3-6-14(9-16(12)24-11-20-22-23-24)21-18(26)19-10-17(25)13-4-7-15(27-2)8-5-13/h3-9,11,17,25H,10H2,1-2H3,(H2,19,21,26)/t17-/m1/s1. The maximum atomic E-state index is 12.1. The van der Waals surface area contributed by atoms with Crippen molar-refractivity contribution in [2.45, 2.75) is 13.0 Å². The quantitative estimate of drug-likeness (QED) is 0.612.